The standard InChI is InChI=1S/C18H18IN3O4S/c1-4-26-17-8-5-12(11-20)9-16(17)21-18(23)14-10-13(6-7-15(14)19)27(24,25)22(2)3/h5-10H,4H2,1-3H3,(H,21,23). The lowest BCUT2D eigenvalue weighted by Gasteiger charge is -2.15. The number of hydrogen-bond donors (Lipinski definition) is 1. The van der Waals surface area contributed by atoms with E-state index in [4.69, 9.17) is 10.00 Å². The van der Waals surface area contributed by atoms with Crippen LogP contribution in [0.25, 0.3) is 0 Å². The summed E-state index contributed by atoms with van der Waals surface area (Å²) in [6.07, 6.45) is 0. The van der Waals surface area contributed by atoms with Crippen LogP contribution in [0, 0.1) is 14.9 Å². The minimum absolute atomic E-state index is 0.0221. The van der Waals surface area contributed by atoms with Crippen LogP contribution in [-0.4, -0.2) is 39.3 Å². The average Bonchev–Trinajstić information content (AvgIpc) is 2.63. The van der Waals surface area contributed by atoms with E-state index in [2.05, 4.69) is 5.32 Å². The molecule has 1 amide bonds. The minimum atomic E-state index is -3.67. The fraction of sp³-hybridized carbons (Fsp3) is 0.222. The lowest BCUT2D eigenvalue weighted by molar-refractivity contribution is 0.102. The van der Waals surface area contributed by atoms with Gasteiger partial charge in [-0.2, -0.15) is 5.26 Å². The minimum Gasteiger partial charge on any atom is -0.492 e. The molecule has 0 saturated carbocycles. The number of carbonyl (C=O) groups is 1. The second-order valence-electron chi connectivity index (χ2n) is 5.64. The third kappa shape index (κ3) is 4.77. The maximum absolute atomic E-state index is 12.8. The highest BCUT2D eigenvalue weighted by Crippen LogP contribution is 2.27. The molecular formula is C18H18IN3O4S. The zero-order valence-electron chi connectivity index (χ0n) is 15.0. The summed E-state index contributed by atoms with van der Waals surface area (Å²) in [6.45, 7) is 2.20. The lowest BCUT2D eigenvalue weighted by atomic mass is 10.1. The first-order chi connectivity index (χ1) is 12.7. The third-order valence-corrected chi connectivity index (χ3v) is 6.37. The average molecular weight is 499 g/mol. The summed E-state index contributed by atoms with van der Waals surface area (Å²) in [7, 11) is -0.817. The number of halogens is 1. The summed E-state index contributed by atoms with van der Waals surface area (Å²) in [5.41, 5.74) is 0.924. The van der Waals surface area contributed by atoms with E-state index in [-0.39, 0.29) is 10.5 Å². The van der Waals surface area contributed by atoms with Crippen molar-refractivity contribution >= 4 is 44.2 Å². The van der Waals surface area contributed by atoms with Crippen LogP contribution in [0.2, 0.25) is 0 Å². The summed E-state index contributed by atoms with van der Waals surface area (Å²) in [5, 5.41) is 11.8. The highest BCUT2D eigenvalue weighted by atomic mass is 127. The number of sulfonamides is 1. The van der Waals surface area contributed by atoms with E-state index >= 15 is 0 Å². The number of nitrogens with zero attached hydrogens (tertiary/aromatic N) is 2. The Balaban J connectivity index is 2.44. The first-order valence-electron chi connectivity index (χ1n) is 7.91. The molecule has 27 heavy (non-hydrogen) atoms. The molecule has 0 aromatic heterocycles. The number of benzene rings is 2. The fourth-order valence-corrected chi connectivity index (χ4v) is 3.73. The van der Waals surface area contributed by atoms with Crippen molar-refractivity contribution in [3.05, 3.63) is 51.1 Å². The van der Waals surface area contributed by atoms with Gasteiger partial charge >= 0.3 is 0 Å². The van der Waals surface area contributed by atoms with Crippen molar-refractivity contribution in [2.24, 2.45) is 0 Å². The molecular weight excluding hydrogens is 481 g/mol. The fourth-order valence-electron chi connectivity index (χ4n) is 2.22. The van der Waals surface area contributed by atoms with Crippen LogP contribution in [0.15, 0.2) is 41.3 Å². The van der Waals surface area contributed by atoms with Crippen LogP contribution in [0.4, 0.5) is 5.69 Å². The van der Waals surface area contributed by atoms with E-state index in [1.165, 1.54) is 32.3 Å². The zero-order chi connectivity index (χ0) is 20.2. The Hall–Kier alpha value is -2.16. The molecule has 142 valence electrons. The van der Waals surface area contributed by atoms with Crippen LogP contribution in [0.3, 0.4) is 0 Å². The predicted molar refractivity (Wildman–Crippen MR) is 110 cm³/mol. The number of hydrogen-bond acceptors (Lipinski definition) is 5. The maximum Gasteiger partial charge on any atom is 0.256 e. The number of amides is 1. The van der Waals surface area contributed by atoms with Crippen LogP contribution in [0.1, 0.15) is 22.8 Å². The molecule has 1 N–H and O–H groups in total. The zero-order valence-corrected chi connectivity index (χ0v) is 18.0. The molecule has 0 spiro atoms. The van der Waals surface area contributed by atoms with Gasteiger partial charge in [-0.25, -0.2) is 12.7 Å². The second kappa shape index (κ2) is 8.69. The SMILES string of the molecule is CCOc1ccc(C#N)cc1NC(=O)c1cc(S(=O)(=O)N(C)C)ccc1I. The number of nitrogens with one attached hydrogen (secondary N) is 1. The smallest absolute Gasteiger partial charge is 0.256 e. The van der Waals surface area contributed by atoms with E-state index in [1.54, 1.807) is 18.2 Å². The summed E-state index contributed by atoms with van der Waals surface area (Å²) in [6, 6.07) is 11.1. The molecule has 2 rings (SSSR count). The van der Waals surface area contributed by atoms with E-state index in [1.807, 2.05) is 35.6 Å². The summed E-state index contributed by atoms with van der Waals surface area (Å²) in [4.78, 5) is 12.8. The van der Waals surface area contributed by atoms with Gasteiger partial charge in [-0.3, -0.25) is 4.79 Å². The molecule has 0 aliphatic carbocycles. The molecule has 0 bridgehead atoms. The van der Waals surface area contributed by atoms with Gasteiger partial charge in [0.25, 0.3) is 5.91 Å². The molecule has 7 nitrogen and oxygen atoms in total. The first-order valence-corrected chi connectivity index (χ1v) is 10.4. The van der Waals surface area contributed by atoms with Gasteiger partial charge in [-0.1, -0.05) is 0 Å². The van der Waals surface area contributed by atoms with Gasteiger partial charge < -0.3 is 10.1 Å². The molecule has 0 aliphatic rings. The number of rotatable bonds is 6. The van der Waals surface area contributed by atoms with E-state index < -0.39 is 15.9 Å². The van der Waals surface area contributed by atoms with Crippen molar-refractivity contribution in [2.75, 3.05) is 26.0 Å². The molecule has 0 heterocycles. The molecule has 2 aromatic carbocycles. The van der Waals surface area contributed by atoms with E-state index in [9.17, 15) is 13.2 Å². The largest absolute Gasteiger partial charge is 0.492 e. The molecule has 0 aliphatic heterocycles. The topological polar surface area (TPSA) is 99.5 Å². The maximum atomic E-state index is 12.8. The van der Waals surface area contributed by atoms with Gasteiger partial charge in [-0.05, 0) is 65.9 Å². The van der Waals surface area contributed by atoms with Crippen molar-refractivity contribution < 1.29 is 17.9 Å². The molecule has 0 atom stereocenters. The van der Waals surface area contributed by atoms with Crippen LogP contribution in [0.5, 0.6) is 5.75 Å². The Labute approximate surface area is 172 Å². The van der Waals surface area contributed by atoms with Gasteiger partial charge in [0, 0.05) is 17.7 Å². The predicted octanol–water partition coefficient (Wildman–Crippen LogP) is 3.06. The summed E-state index contributed by atoms with van der Waals surface area (Å²) < 4.78 is 31.8. The molecule has 0 unspecified atom stereocenters. The number of anilines is 1. The van der Waals surface area contributed by atoms with Crippen LogP contribution < -0.4 is 10.1 Å². The highest BCUT2D eigenvalue weighted by molar-refractivity contribution is 14.1. The normalized spacial score (nSPS) is 11.1. The Kier molecular flexibility index (Phi) is 6.80. The van der Waals surface area contributed by atoms with Crippen molar-refractivity contribution in [3.8, 4) is 11.8 Å². The van der Waals surface area contributed by atoms with Crippen LogP contribution in [-0.2, 0) is 10.0 Å². The molecule has 0 radical (unpaired) electrons. The van der Waals surface area contributed by atoms with Crippen molar-refractivity contribution in [2.45, 2.75) is 11.8 Å². The molecule has 2 aromatic rings. The summed E-state index contributed by atoms with van der Waals surface area (Å²) >= 11 is 1.97. The Morgan fingerprint density at radius 3 is 2.56 bits per heavy atom. The van der Waals surface area contributed by atoms with Crippen molar-refractivity contribution in [1.82, 2.24) is 4.31 Å². The quantitative estimate of drug-likeness (QED) is 0.617. The van der Waals surface area contributed by atoms with E-state index in [0.717, 1.165) is 4.31 Å². The molecule has 0 fully saturated rings. The van der Waals surface area contributed by atoms with Gasteiger partial charge in [-0.15, -0.1) is 0 Å². The Bertz CT molecular complexity index is 1010. The summed E-state index contributed by atoms with van der Waals surface area (Å²) in [5.74, 6) is -0.0665. The van der Waals surface area contributed by atoms with E-state index in [0.29, 0.717) is 27.2 Å². The number of nitriles is 1. The molecule has 0 saturated heterocycles. The monoisotopic (exact) mass is 499 g/mol. The Morgan fingerprint density at radius 1 is 1.26 bits per heavy atom. The second-order valence-corrected chi connectivity index (χ2v) is 8.95. The van der Waals surface area contributed by atoms with Gasteiger partial charge in [0.1, 0.15) is 5.75 Å². The lowest BCUT2D eigenvalue weighted by Crippen LogP contribution is -2.23. The van der Waals surface area contributed by atoms with Crippen LogP contribution >= 0.6 is 22.6 Å². The van der Waals surface area contributed by atoms with Gasteiger partial charge in [0.15, 0.2) is 0 Å². The van der Waals surface area contributed by atoms with Gasteiger partial charge in [0.05, 0.1) is 34.4 Å². The Morgan fingerprint density at radius 2 is 1.96 bits per heavy atom. The number of ether oxygens (including phenoxy) is 1. The van der Waals surface area contributed by atoms with Crippen molar-refractivity contribution in [1.29, 1.82) is 5.26 Å². The number of carbonyl (C=O) groups excluding carboxylic acids is 1. The molecule has 9 heteroatoms. The van der Waals surface area contributed by atoms with Crippen molar-refractivity contribution in [3.63, 3.8) is 0 Å². The third-order valence-electron chi connectivity index (χ3n) is 3.62. The first kappa shape index (κ1) is 21.1. The highest BCUT2D eigenvalue weighted by Gasteiger charge is 2.21. The van der Waals surface area contributed by atoms with Gasteiger partial charge in [0.2, 0.25) is 10.0 Å².